The van der Waals surface area contributed by atoms with E-state index >= 15 is 0 Å². The van der Waals surface area contributed by atoms with Gasteiger partial charge in [-0.25, -0.2) is 8.42 Å². The van der Waals surface area contributed by atoms with Gasteiger partial charge in [0.1, 0.15) is 5.75 Å². The van der Waals surface area contributed by atoms with Gasteiger partial charge in [-0.2, -0.15) is 0 Å². The maximum Gasteiger partial charge on any atom is 0.259 e. The van der Waals surface area contributed by atoms with E-state index in [1.165, 1.54) is 36.4 Å². The standard InChI is InChI=1S/C19H11Br3ClNO4S/c20-10-1-3-12(4-2-10)29(27,28)13-5-6-16(23)17(9-13)24-19(26)14-7-11(21)8-15(22)18(14)25/h1-9,25H,(H,24,26). The Bertz CT molecular complexity index is 1210. The molecule has 150 valence electrons. The van der Waals surface area contributed by atoms with E-state index < -0.39 is 15.7 Å². The van der Waals surface area contributed by atoms with Crippen molar-refractivity contribution in [3.63, 3.8) is 0 Å². The lowest BCUT2D eigenvalue weighted by Gasteiger charge is -2.12. The van der Waals surface area contributed by atoms with Gasteiger partial charge in [0.15, 0.2) is 0 Å². The van der Waals surface area contributed by atoms with Crippen LogP contribution in [0.3, 0.4) is 0 Å². The topological polar surface area (TPSA) is 83.5 Å². The molecule has 0 bridgehead atoms. The molecule has 0 spiro atoms. The van der Waals surface area contributed by atoms with Gasteiger partial charge in [-0.3, -0.25) is 4.79 Å². The van der Waals surface area contributed by atoms with Gasteiger partial charge in [0, 0.05) is 8.95 Å². The summed E-state index contributed by atoms with van der Waals surface area (Å²) < 4.78 is 27.4. The predicted molar refractivity (Wildman–Crippen MR) is 123 cm³/mol. The summed E-state index contributed by atoms with van der Waals surface area (Å²) in [6, 6.07) is 13.3. The highest BCUT2D eigenvalue weighted by molar-refractivity contribution is 9.11. The molecule has 1 amide bonds. The van der Waals surface area contributed by atoms with Crippen LogP contribution in [0.25, 0.3) is 0 Å². The molecule has 0 saturated carbocycles. The van der Waals surface area contributed by atoms with Crippen LogP contribution in [-0.4, -0.2) is 19.4 Å². The third-order valence-electron chi connectivity index (χ3n) is 3.89. The lowest BCUT2D eigenvalue weighted by Crippen LogP contribution is -2.13. The summed E-state index contributed by atoms with van der Waals surface area (Å²) in [4.78, 5) is 12.7. The molecular weight excluding hydrogens is 613 g/mol. The second kappa shape index (κ2) is 8.77. The van der Waals surface area contributed by atoms with Crippen LogP contribution in [0.2, 0.25) is 5.02 Å². The Hall–Kier alpha value is -1.39. The molecule has 3 aromatic rings. The summed E-state index contributed by atoms with van der Waals surface area (Å²) in [5.74, 6) is -0.898. The van der Waals surface area contributed by atoms with Gasteiger partial charge in [-0.05, 0) is 70.5 Å². The maximum absolute atomic E-state index is 12.9. The Morgan fingerprint density at radius 1 is 0.897 bits per heavy atom. The van der Waals surface area contributed by atoms with E-state index in [-0.39, 0.29) is 31.8 Å². The third-order valence-corrected chi connectivity index (χ3v) is 7.58. The first-order chi connectivity index (χ1) is 13.6. The third kappa shape index (κ3) is 4.86. The zero-order chi connectivity index (χ0) is 21.3. The van der Waals surface area contributed by atoms with Crippen LogP contribution in [0.4, 0.5) is 5.69 Å². The van der Waals surface area contributed by atoms with Crippen molar-refractivity contribution in [2.75, 3.05) is 5.32 Å². The Kier molecular flexibility index (Phi) is 6.74. The second-order valence-electron chi connectivity index (χ2n) is 5.84. The van der Waals surface area contributed by atoms with Crippen molar-refractivity contribution in [3.05, 3.63) is 78.6 Å². The van der Waals surface area contributed by atoms with E-state index in [9.17, 15) is 18.3 Å². The molecule has 3 aromatic carbocycles. The molecule has 3 rings (SSSR count). The number of anilines is 1. The molecule has 0 aliphatic heterocycles. The fourth-order valence-corrected chi connectivity index (χ4v) is 5.39. The quantitative estimate of drug-likeness (QED) is 0.351. The number of hydrogen-bond acceptors (Lipinski definition) is 4. The van der Waals surface area contributed by atoms with Gasteiger partial charge in [-0.1, -0.05) is 43.5 Å². The van der Waals surface area contributed by atoms with Crippen LogP contribution >= 0.6 is 59.4 Å². The van der Waals surface area contributed by atoms with Crippen LogP contribution in [0, 0.1) is 0 Å². The first kappa shape index (κ1) is 22.3. The first-order valence-corrected chi connectivity index (χ1v) is 12.1. The number of carbonyl (C=O) groups excluding carboxylic acids is 1. The highest BCUT2D eigenvalue weighted by Crippen LogP contribution is 2.34. The number of nitrogens with one attached hydrogen (secondary N) is 1. The van der Waals surface area contributed by atoms with Crippen LogP contribution in [0.1, 0.15) is 10.4 Å². The summed E-state index contributed by atoms with van der Waals surface area (Å²) in [6.07, 6.45) is 0. The first-order valence-electron chi connectivity index (χ1n) is 7.89. The van der Waals surface area contributed by atoms with E-state index in [1.807, 2.05) is 0 Å². The number of phenols is 1. The fourth-order valence-electron chi connectivity index (χ4n) is 2.45. The zero-order valence-electron chi connectivity index (χ0n) is 14.3. The van der Waals surface area contributed by atoms with Crippen LogP contribution in [0.5, 0.6) is 5.75 Å². The minimum absolute atomic E-state index is 0.0107. The van der Waals surface area contributed by atoms with Gasteiger partial charge in [0.25, 0.3) is 5.91 Å². The molecule has 0 aliphatic rings. The molecule has 0 aromatic heterocycles. The number of carbonyl (C=O) groups is 1. The number of benzene rings is 3. The number of halogens is 4. The number of sulfone groups is 1. The SMILES string of the molecule is O=C(Nc1cc(S(=O)(=O)c2ccc(Br)cc2)ccc1Cl)c1cc(Br)cc(Br)c1O. The Morgan fingerprint density at radius 3 is 2.17 bits per heavy atom. The van der Waals surface area contributed by atoms with Gasteiger partial charge in [0.2, 0.25) is 9.84 Å². The minimum atomic E-state index is -3.81. The Labute approximate surface area is 197 Å². The lowest BCUT2D eigenvalue weighted by atomic mass is 10.2. The smallest absolute Gasteiger partial charge is 0.259 e. The summed E-state index contributed by atoms with van der Waals surface area (Å²) >= 11 is 15.8. The average Bonchev–Trinajstić information content (AvgIpc) is 2.66. The summed E-state index contributed by atoms with van der Waals surface area (Å²) in [5.41, 5.74) is 0.0915. The number of amides is 1. The van der Waals surface area contributed by atoms with Crippen molar-refractivity contribution in [2.45, 2.75) is 9.79 Å². The number of rotatable bonds is 4. The number of hydrogen-bond donors (Lipinski definition) is 2. The van der Waals surface area contributed by atoms with E-state index in [0.717, 1.165) is 4.47 Å². The van der Waals surface area contributed by atoms with Gasteiger partial charge >= 0.3 is 0 Å². The van der Waals surface area contributed by atoms with Crippen molar-refractivity contribution < 1.29 is 18.3 Å². The number of phenolic OH excluding ortho intramolecular Hbond substituents is 1. The van der Waals surface area contributed by atoms with Crippen molar-refractivity contribution in [1.29, 1.82) is 0 Å². The largest absolute Gasteiger partial charge is 0.506 e. The van der Waals surface area contributed by atoms with Crippen LogP contribution in [0.15, 0.2) is 77.8 Å². The van der Waals surface area contributed by atoms with Crippen molar-refractivity contribution in [2.24, 2.45) is 0 Å². The summed E-state index contributed by atoms with van der Waals surface area (Å²) in [5, 5.41) is 12.8. The number of aromatic hydroxyl groups is 1. The molecule has 2 N–H and O–H groups in total. The normalized spacial score (nSPS) is 11.3. The van der Waals surface area contributed by atoms with Gasteiger partial charge in [0.05, 0.1) is 30.5 Å². The highest BCUT2D eigenvalue weighted by atomic mass is 79.9. The Balaban J connectivity index is 1.98. The molecule has 0 fully saturated rings. The molecule has 0 heterocycles. The molecule has 0 atom stereocenters. The van der Waals surface area contributed by atoms with Crippen LogP contribution < -0.4 is 5.32 Å². The lowest BCUT2D eigenvalue weighted by molar-refractivity contribution is 0.102. The molecule has 5 nitrogen and oxygen atoms in total. The molecule has 29 heavy (non-hydrogen) atoms. The van der Waals surface area contributed by atoms with E-state index in [1.54, 1.807) is 18.2 Å². The molecule has 10 heteroatoms. The minimum Gasteiger partial charge on any atom is -0.506 e. The average molecular weight is 625 g/mol. The molecule has 0 radical (unpaired) electrons. The van der Waals surface area contributed by atoms with Crippen LogP contribution in [-0.2, 0) is 9.84 Å². The Morgan fingerprint density at radius 2 is 1.52 bits per heavy atom. The van der Waals surface area contributed by atoms with Gasteiger partial charge in [-0.15, -0.1) is 0 Å². The van der Waals surface area contributed by atoms with E-state index in [0.29, 0.717) is 8.95 Å². The van der Waals surface area contributed by atoms with E-state index in [2.05, 4.69) is 53.1 Å². The highest BCUT2D eigenvalue weighted by Gasteiger charge is 2.21. The zero-order valence-corrected chi connectivity index (χ0v) is 20.6. The molecule has 0 saturated heterocycles. The van der Waals surface area contributed by atoms with Crippen molar-refractivity contribution in [3.8, 4) is 5.75 Å². The fraction of sp³-hybridized carbons (Fsp3) is 0. The van der Waals surface area contributed by atoms with E-state index in [4.69, 9.17) is 11.6 Å². The van der Waals surface area contributed by atoms with Crippen molar-refractivity contribution in [1.82, 2.24) is 0 Å². The van der Waals surface area contributed by atoms with Gasteiger partial charge < -0.3 is 10.4 Å². The molecule has 0 aliphatic carbocycles. The summed E-state index contributed by atoms with van der Waals surface area (Å²) in [7, 11) is -3.81. The second-order valence-corrected chi connectivity index (χ2v) is 10.9. The molecular formula is C19H11Br3ClNO4S. The monoisotopic (exact) mass is 621 g/mol. The summed E-state index contributed by atoms with van der Waals surface area (Å²) in [6.45, 7) is 0. The maximum atomic E-state index is 12.9. The predicted octanol–water partition coefficient (Wildman–Crippen LogP) is 6.42. The molecule has 0 unspecified atom stereocenters. The van der Waals surface area contributed by atoms with Crippen molar-refractivity contribution >= 4 is 80.8 Å².